The lowest BCUT2D eigenvalue weighted by Crippen LogP contribution is -2.15. The maximum Gasteiger partial charge on any atom is 0.162 e. The van der Waals surface area contributed by atoms with Gasteiger partial charge in [0.25, 0.3) is 0 Å². The SMILES string of the molecule is CCC(NC)c1cc(OC)c(OC)cc1Cl. The Bertz CT molecular complexity index is 351. The van der Waals surface area contributed by atoms with E-state index in [-0.39, 0.29) is 6.04 Å². The Kier molecular flexibility index (Phi) is 4.90. The second kappa shape index (κ2) is 5.97. The summed E-state index contributed by atoms with van der Waals surface area (Å²) in [6.45, 7) is 2.11. The van der Waals surface area contributed by atoms with Crippen molar-refractivity contribution in [1.82, 2.24) is 5.32 Å². The molecule has 1 rings (SSSR count). The van der Waals surface area contributed by atoms with Gasteiger partial charge in [-0.2, -0.15) is 0 Å². The molecule has 0 spiro atoms. The van der Waals surface area contributed by atoms with Crippen LogP contribution in [0.2, 0.25) is 5.02 Å². The summed E-state index contributed by atoms with van der Waals surface area (Å²) in [5.41, 5.74) is 1.03. The zero-order chi connectivity index (χ0) is 12.1. The minimum atomic E-state index is 0.229. The molecule has 1 N–H and O–H groups in total. The largest absolute Gasteiger partial charge is 0.493 e. The number of rotatable bonds is 5. The lowest BCUT2D eigenvalue weighted by atomic mass is 10.0. The van der Waals surface area contributed by atoms with Crippen LogP contribution in [0.1, 0.15) is 24.9 Å². The average Bonchev–Trinajstić information content (AvgIpc) is 2.32. The molecule has 1 unspecified atom stereocenters. The summed E-state index contributed by atoms with van der Waals surface area (Å²) in [6, 6.07) is 3.94. The van der Waals surface area contributed by atoms with Crippen LogP contribution in [0.15, 0.2) is 12.1 Å². The summed E-state index contributed by atoms with van der Waals surface area (Å²) in [5.74, 6) is 1.36. The molecule has 1 atom stereocenters. The van der Waals surface area contributed by atoms with Crippen molar-refractivity contribution in [2.45, 2.75) is 19.4 Å². The fraction of sp³-hybridized carbons (Fsp3) is 0.500. The Morgan fingerprint density at radius 2 is 1.81 bits per heavy atom. The number of nitrogens with one attached hydrogen (secondary N) is 1. The van der Waals surface area contributed by atoms with Gasteiger partial charge in [-0.3, -0.25) is 0 Å². The summed E-state index contributed by atoms with van der Waals surface area (Å²) in [5, 5.41) is 3.91. The van der Waals surface area contributed by atoms with E-state index in [4.69, 9.17) is 21.1 Å². The highest BCUT2D eigenvalue weighted by atomic mass is 35.5. The molecule has 0 radical (unpaired) electrons. The lowest BCUT2D eigenvalue weighted by Gasteiger charge is -2.18. The minimum absolute atomic E-state index is 0.229. The standard InChI is InChI=1S/C12H18ClNO2/c1-5-10(14-2)8-6-11(15-3)12(16-4)7-9(8)13/h6-7,10,14H,5H2,1-4H3. The molecule has 0 saturated carbocycles. The molecule has 90 valence electrons. The van der Waals surface area contributed by atoms with Crippen LogP contribution in [0.25, 0.3) is 0 Å². The zero-order valence-corrected chi connectivity index (χ0v) is 10.9. The third kappa shape index (κ3) is 2.60. The summed E-state index contributed by atoms with van der Waals surface area (Å²) >= 11 is 6.21. The van der Waals surface area contributed by atoms with Crippen LogP contribution < -0.4 is 14.8 Å². The number of methoxy groups -OCH3 is 2. The molecule has 0 aliphatic heterocycles. The van der Waals surface area contributed by atoms with Crippen molar-refractivity contribution in [3.63, 3.8) is 0 Å². The second-order valence-corrected chi connectivity index (χ2v) is 3.89. The number of hydrogen-bond donors (Lipinski definition) is 1. The van der Waals surface area contributed by atoms with Crippen molar-refractivity contribution in [3.8, 4) is 11.5 Å². The Labute approximate surface area is 102 Å². The summed E-state index contributed by atoms with van der Waals surface area (Å²) < 4.78 is 10.4. The molecule has 0 aromatic heterocycles. The van der Waals surface area contributed by atoms with Crippen molar-refractivity contribution in [2.24, 2.45) is 0 Å². The normalized spacial score (nSPS) is 12.3. The molecule has 0 bridgehead atoms. The van der Waals surface area contributed by atoms with E-state index in [1.165, 1.54) is 0 Å². The third-order valence-electron chi connectivity index (χ3n) is 2.63. The van der Waals surface area contributed by atoms with E-state index in [9.17, 15) is 0 Å². The fourth-order valence-corrected chi connectivity index (χ4v) is 2.00. The van der Waals surface area contributed by atoms with Gasteiger partial charge in [0, 0.05) is 17.1 Å². The van der Waals surface area contributed by atoms with Crippen molar-refractivity contribution in [1.29, 1.82) is 0 Å². The van der Waals surface area contributed by atoms with Crippen molar-refractivity contribution >= 4 is 11.6 Å². The molecule has 0 aliphatic carbocycles. The van der Waals surface area contributed by atoms with Crippen LogP contribution in [0, 0.1) is 0 Å². The van der Waals surface area contributed by atoms with Gasteiger partial charge in [0.2, 0.25) is 0 Å². The van der Waals surface area contributed by atoms with E-state index in [0.29, 0.717) is 16.5 Å². The van der Waals surface area contributed by atoms with Gasteiger partial charge in [-0.05, 0) is 25.1 Å². The average molecular weight is 244 g/mol. The second-order valence-electron chi connectivity index (χ2n) is 3.48. The molecule has 16 heavy (non-hydrogen) atoms. The van der Waals surface area contributed by atoms with Crippen LogP contribution in [0.3, 0.4) is 0 Å². The maximum atomic E-state index is 6.21. The summed E-state index contributed by atoms with van der Waals surface area (Å²) in [7, 11) is 5.14. The Morgan fingerprint density at radius 1 is 1.25 bits per heavy atom. The molecule has 1 aromatic carbocycles. The molecule has 3 nitrogen and oxygen atoms in total. The molecular formula is C12H18ClNO2. The van der Waals surface area contributed by atoms with Crippen LogP contribution in [0.4, 0.5) is 0 Å². The van der Waals surface area contributed by atoms with Crippen LogP contribution in [-0.2, 0) is 0 Å². The monoisotopic (exact) mass is 243 g/mol. The molecule has 0 aliphatic rings. The molecule has 0 amide bonds. The molecule has 0 heterocycles. The first-order valence-corrected chi connectivity index (χ1v) is 5.64. The van der Waals surface area contributed by atoms with Crippen LogP contribution >= 0.6 is 11.6 Å². The van der Waals surface area contributed by atoms with E-state index >= 15 is 0 Å². The highest BCUT2D eigenvalue weighted by Crippen LogP contribution is 2.36. The first-order chi connectivity index (χ1) is 7.67. The minimum Gasteiger partial charge on any atom is -0.493 e. The Hall–Kier alpha value is -0.930. The Balaban J connectivity index is 3.19. The van der Waals surface area contributed by atoms with E-state index in [2.05, 4.69) is 12.2 Å². The van der Waals surface area contributed by atoms with E-state index in [1.54, 1.807) is 20.3 Å². The van der Waals surface area contributed by atoms with Crippen LogP contribution in [0.5, 0.6) is 11.5 Å². The van der Waals surface area contributed by atoms with Gasteiger partial charge in [0.15, 0.2) is 11.5 Å². The van der Waals surface area contributed by atoms with Crippen molar-refractivity contribution in [3.05, 3.63) is 22.7 Å². The van der Waals surface area contributed by atoms with E-state index < -0.39 is 0 Å². The summed E-state index contributed by atoms with van der Waals surface area (Å²) in [6.07, 6.45) is 0.964. The van der Waals surface area contributed by atoms with Gasteiger partial charge >= 0.3 is 0 Å². The van der Waals surface area contributed by atoms with Gasteiger partial charge in [-0.15, -0.1) is 0 Å². The lowest BCUT2D eigenvalue weighted by molar-refractivity contribution is 0.354. The maximum absolute atomic E-state index is 6.21. The number of benzene rings is 1. The highest BCUT2D eigenvalue weighted by Gasteiger charge is 2.15. The van der Waals surface area contributed by atoms with Crippen molar-refractivity contribution in [2.75, 3.05) is 21.3 Å². The number of halogens is 1. The molecule has 1 aromatic rings. The first kappa shape index (κ1) is 13.1. The molecule has 0 fully saturated rings. The highest BCUT2D eigenvalue weighted by molar-refractivity contribution is 6.31. The van der Waals surface area contributed by atoms with E-state index in [1.807, 2.05) is 13.1 Å². The van der Waals surface area contributed by atoms with Gasteiger partial charge in [-0.25, -0.2) is 0 Å². The summed E-state index contributed by atoms with van der Waals surface area (Å²) in [4.78, 5) is 0. The Morgan fingerprint density at radius 3 is 2.25 bits per heavy atom. The van der Waals surface area contributed by atoms with Gasteiger partial charge < -0.3 is 14.8 Å². The molecular weight excluding hydrogens is 226 g/mol. The van der Waals surface area contributed by atoms with Crippen LogP contribution in [-0.4, -0.2) is 21.3 Å². The van der Waals surface area contributed by atoms with Gasteiger partial charge in [0.05, 0.1) is 14.2 Å². The number of hydrogen-bond acceptors (Lipinski definition) is 3. The predicted octanol–water partition coefficient (Wildman–Crippen LogP) is 3.03. The van der Waals surface area contributed by atoms with Crippen molar-refractivity contribution < 1.29 is 9.47 Å². The third-order valence-corrected chi connectivity index (χ3v) is 2.96. The quantitative estimate of drug-likeness (QED) is 0.862. The van der Waals surface area contributed by atoms with E-state index in [0.717, 1.165) is 12.0 Å². The zero-order valence-electron chi connectivity index (χ0n) is 10.1. The fourth-order valence-electron chi connectivity index (χ4n) is 1.72. The molecule has 0 saturated heterocycles. The predicted molar refractivity (Wildman–Crippen MR) is 66.6 cm³/mol. The van der Waals surface area contributed by atoms with Gasteiger partial charge in [0.1, 0.15) is 0 Å². The topological polar surface area (TPSA) is 30.5 Å². The van der Waals surface area contributed by atoms with Gasteiger partial charge in [-0.1, -0.05) is 18.5 Å². The molecule has 4 heteroatoms. The smallest absolute Gasteiger partial charge is 0.162 e. The first-order valence-electron chi connectivity index (χ1n) is 5.26. The number of ether oxygens (including phenoxy) is 2.